The second kappa shape index (κ2) is 14.4. The van der Waals surface area contributed by atoms with Gasteiger partial charge in [0.2, 0.25) is 11.8 Å². The number of aliphatic carboxylic acids is 2. The maximum absolute atomic E-state index is 10.7. The van der Waals surface area contributed by atoms with Crippen molar-refractivity contribution < 1.29 is 48.9 Å². The molecule has 2 aromatic rings. The summed E-state index contributed by atoms with van der Waals surface area (Å²) in [5.74, 6) is -3.70. The maximum Gasteiger partial charge on any atom is 2.00 e. The van der Waals surface area contributed by atoms with Gasteiger partial charge < -0.3 is 30.4 Å². The van der Waals surface area contributed by atoms with Crippen LogP contribution in [0.3, 0.4) is 0 Å². The molecule has 0 bridgehead atoms. The fraction of sp³-hybridized carbons (Fsp3) is 0.0909. The summed E-state index contributed by atoms with van der Waals surface area (Å²) in [6.45, 7) is 2.48. The van der Waals surface area contributed by atoms with Crippen LogP contribution in [0.25, 0.3) is 12.2 Å². The van der Waals surface area contributed by atoms with Crippen LogP contribution in [0, 0.1) is 0 Å². The Hall–Kier alpha value is -3.58. The van der Waals surface area contributed by atoms with Gasteiger partial charge in [-0.15, -0.1) is 0 Å². The zero-order valence-corrected chi connectivity index (χ0v) is 20.1. The topological polar surface area (TPSA) is 138 Å². The summed E-state index contributed by atoms with van der Waals surface area (Å²) >= 11 is 0. The van der Waals surface area contributed by atoms with Gasteiger partial charge in [-0.2, -0.15) is 0 Å². The number of benzene rings is 2. The van der Waals surface area contributed by atoms with Crippen molar-refractivity contribution in [3.8, 4) is 0 Å². The van der Waals surface area contributed by atoms with E-state index in [0.29, 0.717) is 11.1 Å². The van der Waals surface area contributed by atoms with Crippen LogP contribution in [0.15, 0.2) is 72.1 Å². The molecule has 0 fully saturated rings. The van der Waals surface area contributed by atoms with Gasteiger partial charge in [0.25, 0.3) is 0 Å². The van der Waals surface area contributed by atoms with Crippen LogP contribution >= 0.6 is 0 Å². The fourth-order valence-electron chi connectivity index (χ4n) is 2.10. The number of carbonyl (C=O) groups excluding carboxylic acids is 4. The monoisotopic (exact) mass is 472 g/mol. The van der Waals surface area contributed by atoms with E-state index in [9.17, 15) is 29.4 Å². The summed E-state index contributed by atoms with van der Waals surface area (Å²) in [5, 5.41) is 25.7. The predicted octanol–water partition coefficient (Wildman–Crippen LogP) is -0.175. The largest absolute Gasteiger partial charge is 2.00 e. The summed E-state index contributed by atoms with van der Waals surface area (Å²) in [6, 6.07) is 17.6. The molecule has 0 heterocycles. The standard InChI is InChI=1S/2C11H11NO3.Zn/c2*1-8(13)12-10(11(14)15)7-9-5-3-2-4-6-9;/h2*2-7H,1H3,(H,12,13)(H,14,15);/q;;+2/p-2. The van der Waals surface area contributed by atoms with Gasteiger partial charge in [0.05, 0.1) is 23.3 Å². The smallest absolute Gasteiger partial charge is 0.543 e. The molecule has 156 valence electrons. The Morgan fingerprint density at radius 2 is 0.935 bits per heavy atom. The maximum atomic E-state index is 10.7. The van der Waals surface area contributed by atoms with E-state index in [-0.39, 0.29) is 30.9 Å². The molecule has 0 saturated heterocycles. The summed E-state index contributed by atoms with van der Waals surface area (Å²) in [4.78, 5) is 42.7. The molecule has 8 nitrogen and oxygen atoms in total. The number of carbonyl (C=O) groups is 4. The normalized spacial score (nSPS) is 10.5. The molecule has 0 aliphatic rings. The summed E-state index contributed by atoms with van der Waals surface area (Å²) in [7, 11) is 0. The van der Waals surface area contributed by atoms with Gasteiger partial charge in [0, 0.05) is 13.8 Å². The van der Waals surface area contributed by atoms with Gasteiger partial charge in [-0.25, -0.2) is 0 Å². The quantitative estimate of drug-likeness (QED) is 0.441. The van der Waals surface area contributed by atoms with Gasteiger partial charge in [-0.05, 0) is 23.3 Å². The molecule has 2 aromatic carbocycles. The van der Waals surface area contributed by atoms with Crippen molar-refractivity contribution >= 4 is 35.9 Å². The zero-order valence-electron chi connectivity index (χ0n) is 17.1. The van der Waals surface area contributed by atoms with E-state index in [0.717, 1.165) is 0 Å². The number of carboxylic acid groups (broad SMARTS) is 2. The van der Waals surface area contributed by atoms with Crippen LogP contribution in [-0.2, 0) is 38.7 Å². The first-order chi connectivity index (χ1) is 14.2. The van der Waals surface area contributed by atoms with Crippen LogP contribution in [-0.4, -0.2) is 23.8 Å². The van der Waals surface area contributed by atoms with Crippen LogP contribution in [0.2, 0.25) is 0 Å². The number of amides is 2. The minimum atomic E-state index is -1.41. The first kappa shape index (κ1) is 27.4. The third-order valence-corrected chi connectivity index (χ3v) is 3.28. The van der Waals surface area contributed by atoms with Crippen molar-refractivity contribution in [3.63, 3.8) is 0 Å². The van der Waals surface area contributed by atoms with Gasteiger partial charge in [-0.3, -0.25) is 9.59 Å². The number of hydrogen-bond donors (Lipinski definition) is 2. The number of rotatable bonds is 6. The van der Waals surface area contributed by atoms with Crippen LogP contribution < -0.4 is 20.8 Å². The first-order valence-electron chi connectivity index (χ1n) is 8.70. The van der Waals surface area contributed by atoms with E-state index in [2.05, 4.69) is 10.6 Å². The van der Waals surface area contributed by atoms with E-state index in [1.54, 1.807) is 48.5 Å². The number of nitrogens with one attached hydrogen (secondary N) is 2. The minimum absolute atomic E-state index is 0. The molecule has 31 heavy (non-hydrogen) atoms. The molecule has 0 atom stereocenters. The fourth-order valence-corrected chi connectivity index (χ4v) is 2.10. The molecule has 0 radical (unpaired) electrons. The minimum Gasteiger partial charge on any atom is -0.543 e. The Morgan fingerprint density at radius 1 is 0.645 bits per heavy atom. The SMILES string of the molecule is CC(=O)NC(=Cc1ccccc1)C(=O)[O-].CC(=O)NC(=Cc1ccccc1)C(=O)[O-].[Zn+2]. The van der Waals surface area contributed by atoms with Crippen molar-refractivity contribution in [2.75, 3.05) is 0 Å². The Morgan fingerprint density at radius 3 is 1.16 bits per heavy atom. The molecule has 0 spiro atoms. The second-order valence-corrected chi connectivity index (χ2v) is 5.87. The van der Waals surface area contributed by atoms with Crippen LogP contribution in [0.1, 0.15) is 25.0 Å². The second-order valence-electron chi connectivity index (χ2n) is 5.87. The average molecular weight is 474 g/mol. The van der Waals surface area contributed by atoms with E-state index >= 15 is 0 Å². The third kappa shape index (κ3) is 11.9. The van der Waals surface area contributed by atoms with Crippen molar-refractivity contribution in [2.45, 2.75) is 13.8 Å². The van der Waals surface area contributed by atoms with Gasteiger partial charge in [0.1, 0.15) is 0 Å². The molecule has 2 N–H and O–H groups in total. The molecule has 0 saturated carbocycles. The molecule has 0 aliphatic heterocycles. The van der Waals surface area contributed by atoms with Gasteiger partial charge >= 0.3 is 19.5 Å². The summed E-state index contributed by atoms with van der Waals surface area (Å²) in [6.07, 6.45) is 2.69. The molecule has 2 amide bonds. The van der Waals surface area contributed by atoms with E-state index < -0.39 is 23.8 Å². The molecule has 0 aromatic heterocycles. The number of carboxylic acids is 2. The van der Waals surface area contributed by atoms with Crippen molar-refractivity contribution in [3.05, 3.63) is 83.2 Å². The first-order valence-corrected chi connectivity index (χ1v) is 8.70. The Balaban J connectivity index is 0.000000562. The Bertz CT molecular complexity index is 877. The van der Waals surface area contributed by atoms with Gasteiger partial charge in [0.15, 0.2) is 0 Å². The average Bonchev–Trinajstić information content (AvgIpc) is 2.68. The third-order valence-electron chi connectivity index (χ3n) is 3.28. The molecule has 0 aliphatic carbocycles. The Labute approximate surface area is 192 Å². The molecular formula is C22H20N2O6Zn. The molecule has 2 rings (SSSR count). The van der Waals surface area contributed by atoms with E-state index in [4.69, 9.17) is 0 Å². The Kier molecular flexibility index (Phi) is 12.7. The van der Waals surface area contributed by atoms with E-state index in [1.165, 1.54) is 26.0 Å². The molecule has 0 unspecified atom stereocenters. The van der Waals surface area contributed by atoms with Crippen molar-refractivity contribution in [1.82, 2.24) is 10.6 Å². The number of hydrogen-bond acceptors (Lipinski definition) is 6. The van der Waals surface area contributed by atoms with Crippen LogP contribution in [0.5, 0.6) is 0 Å². The van der Waals surface area contributed by atoms with Crippen molar-refractivity contribution in [2.24, 2.45) is 0 Å². The molecular weight excluding hydrogens is 454 g/mol. The van der Waals surface area contributed by atoms with Crippen LogP contribution in [0.4, 0.5) is 0 Å². The predicted molar refractivity (Wildman–Crippen MR) is 106 cm³/mol. The van der Waals surface area contributed by atoms with Gasteiger partial charge in [-0.1, -0.05) is 60.7 Å². The molecule has 9 heteroatoms. The summed E-state index contributed by atoms with van der Waals surface area (Å²) in [5.41, 5.74) is 0.887. The van der Waals surface area contributed by atoms with Crippen molar-refractivity contribution in [1.29, 1.82) is 0 Å². The van der Waals surface area contributed by atoms with E-state index in [1.807, 2.05) is 12.1 Å². The summed E-state index contributed by atoms with van der Waals surface area (Å²) < 4.78 is 0. The zero-order chi connectivity index (χ0) is 22.5.